The molecule has 4 aliphatic carbocycles. The van der Waals surface area contributed by atoms with E-state index in [1.54, 1.807) is 0 Å². The van der Waals surface area contributed by atoms with Crippen LogP contribution in [-0.2, 0) is 20.8 Å². The first-order valence-electron chi connectivity index (χ1n) is 11.2. The zero-order chi connectivity index (χ0) is 23.4. The third-order valence-corrected chi connectivity index (χ3v) is 11.5. The van der Waals surface area contributed by atoms with Crippen molar-refractivity contribution in [2.24, 2.45) is 0 Å². The molecule has 2 aromatic rings. The Balaban J connectivity index is 0.000000764. The Morgan fingerprint density at radius 2 is 0.912 bits per heavy atom. The van der Waals surface area contributed by atoms with Crippen molar-refractivity contribution < 1.29 is 20.8 Å². The van der Waals surface area contributed by atoms with Gasteiger partial charge in [0.05, 0.1) is 0 Å². The summed E-state index contributed by atoms with van der Waals surface area (Å²) in [6.07, 6.45) is 26.9. The van der Waals surface area contributed by atoms with Crippen LogP contribution < -0.4 is 10.4 Å². The molecule has 34 heavy (non-hydrogen) atoms. The van der Waals surface area contributed by atoms with E-state index in [2.05, 4.69) is 135 Å². The first-order valence-corrected chi connectivity index (χ1v) is 19.5. The molecule has 2 saturated carbocycles. The predicted molar refractivity (Wildman–Crippen MR) is 143 cm³/mol. The molecule has 0 heterocycles. The van der Waals surface area contributed by atoms with E-state index < -0.39 is 28.9 Å². The van der Waals surface area contributed by atoms with Gasteiger partial charge >= 0.3 is 37.9 Å². The fourth-order valence-electron chi connectivity index (χ4n) is 5.35. The van der Waals surface area contributed by atoms with Crippen LogP contribution in [0.3, 0.4) is 0 Å². The fourth-order valence-corrected chi connectivity index (χ4v) is 10.5. The van der Waals surface area contributed by atoms with Gasteiger partial charge in [0.2, 0.25) is 0 Å². The molecule has 0 unspecified atom stereocenters. The normalized spacial score (nSPS) is 21.2. The van der Waals surface area contributed by atoms with E-state index in [1.807, 2.05) is 0 Å². The molecule has 0 aliphatic heterocycles. The van der Waals surface area contributed by atoms with Gasteiger partial charge in [0.25, 0.3) is 0 Å². The summed E-state index contributed by atoms with van der Waals surface area (Å²) in [5.41, 5.74) is 2.94. The van der Waals surface area contributed by atoms with Gasteiger partial charge in [-0.15, -0.1) is 0 Å². The topological polar surface area (TPSA) is 0 Å². The Labute approximate surface area is 224 Å². The molecule has 0 atom stereocenters. The quantitative estimate of drug-likeness (QED) is 0.380. The van der Waals surface area contributed by atoms with Crippen molar-refractivity contribution in [3.05, 3.63) is 170 Å². The Morgan fingerprint density at radius 3 is 1.32 bits per heavy atom. The second kappa shape index (κ2) is 11.4. The summed E-state index contributed by atoms with van der Waals surface area (Å²) < 4.78 is 0. The SMILES string of the molecule is [CH]1[CH][CH][C]([Si]([C]2[C]3C=CC=C[C]3[C]3C=CC=C[C]32)(c2ccccc2)c2ccccc2)[CH]1.[Cl][Zr+2][Cl]. The van der Waals surface area contributed by atoms with Gasteiger partial charge < -0.3 is 0 Å². The Kier molecular flexibility index (Phi) is 8.32. The molecule has 0 nitrogen and oxygen atoms in total. The van der Waals surface area contributed by atoms with Gasteiger partial charge in [-0.2, -0.15) is 0 Å². The van der Waals surface area contributed by atoms with E-state index in [0.29, 0.717) is 0 Å². The fraction of sp³-hybridized carbons (Fsp3) is 0. The van der Waals surface area contributed by atoms with E-state index >= 15 is 0 Å². The summed E-state index contributed by atoms with van der Waals surface area (Å²) >= 11 is -0.826. The van der Waals surface area contributed by atoms with Gasteiger partial charge in [-0.25, -0.2) is 0 Å². The maximum absolute atomic E-state index is 4.93. The van der Waals surface area contributed by atoms with Crippen molar-refractivity contribution in [2.45, 2.75) is 0 Å². The second-order valence-electron chi connectivity index (χ2n) is 8.19. The van der Waals surface area contributed by atoms with Gasteiger partial charge in [-0.3, -0.25) is 0 Å². The summed E-state index contributed by atoms with van der Waals surface area (Å²) in [5, 5.41) is 2.85. The summed E-state index contributed by atoms with van der Waals surface area (Å²) in [7, 11) is 7.34. The van der Waals surface area contributed by atoms with Crippen LogP contribution >= 0.6 is 17.0 Å². The van der Waals surface area contributed by atoms with Crippen molar-refractivity contribution >= 4 is 35.5 Å². The number of hydrogen-bond donors (Lipinski definition) is 0. The van der Waals surface area contributed by atoms with Gasteiger partial charge in [-0.05, 0) is 31.2 Å². The van der Waals surface area contributed by atoms with Crippen molar-refractivity contribution in [1.82, 2.24) is 0 Å². The summed E-state index contributed by atoms with van der Waals surface area (Å²) in [6, 6.07) is 22.4. The van der Waals surface area contributed by atoms with Gasteiger partial charge in [0.1, 0.15) is 8.07 Å². The van der Waals surface area contributed by atoms with Gasteiger partial charge in [0.15, 0.2) is 0 Å². The summed E-state index contributed by atoms with van der Waals surface area (Å²) in [4.78, 5) is 0. The van der Waals surface area contributed by atoms with E-state index in [1.165, 1.54) is 45.1 Å². The standard InChI is InChI=1S/C30H22Si.2ClH.Zr/c1-3-13-23(14-4-1)31(25-17-7-8-18-25,24-15-5-2-6-16-24)30-28-21-11-9-19-26(28)27-20-10-12-22-29(27)30;;;/h1-22H;2*1H;/q;;;+4/p-2. The maximum atomic E-state index is 4.93. The van der Waals surface area contributed by atoms with E-state index in [9.17, 15) is 0 Å². The predicted octanol–water partition coefficient (Wildman–Crippen LogP) is 6.25. The number of allylic oxidation sites excluding steroid dienone is 8. The molecule has 10 radical (unpaired) electrons. The molecule has 2 fully saturated rings. The zero-order valence-corrected chi connectivity index (χ0v) is 23.4. The van der Waals surface area contributed by atoms with Crippen molar-refractivity contribution in [1.29, 1.82) is 0 Å². The minimum atomic E-state index is -2.52. The summed E-state index contributed by atoms with van der Waals surface area (Å²) in [5.74, 6) is 5.46. The minimum absolute atomic E-state index is 0.826. The number of fused-ring (bicyclic) bond motifs is 3. The Morgan fingerprint density at radius 1 is 0.529 bits per heavy atom. The van der Waals surface area contributed by atoms with E-state index in [-0.39, 0.29) is 0 Å². The molecule has 4 heteroatoms. The van der Waals surface area contributed by atoms with Gasteiger partial charge in [-0.1, -0.05) is 120 Å². The molecule has 162 valence electrons. The third kappa shape index (κ3) is 4.39. The molecule has 4 aliphatic rings. The second-order valence-corrected chi connectivity index (χ2v) is 15.7. The van der Waals surface area contributed by atoms with Crippen molar-refractivity contribution in [2.75, 3.05) is 0 Å². The van der Waals surface area contributed by atoms with Crippen LogP contribution in [0.25, 0.3) is 0 Å². The number of benzene rings is 2. The van der Waals surface area contributed by atoms with Crippen LogP contribution in [0.5, 0.6) is 0 Å². The average Bonchev–Trinajstić information content (AvgIpc) is 3.55. The van der Waals surface area contributed by atoms with E-state index in [4.69, 9.17) is 17.0 Å². The van der Waals surface area contributed by atoms with Gasteiger partial charge in [0, 0.05) is 29.2 Å². The molecule has 2 aromatic carbocycles. The van der Waals surface area contributed by atoms with Crippen LogP contribution in [0.4, 0.5) is 0 Å². The molecule has 0 spiro atoms. The first-order chi connectivity index (χ1) is 16.8. The molecule has 0 aromatic heterocycles. The monoisotopic (exact) mass is 570 g/mol. The van der Waals surface area contributed by atoms with Crippen LogP contribution in [0, 0.1) is 60.4 Å². The Bertz CT molecular complexity index is 982. The molecular formula is C30H22Cl2SiZr+2. The van der Waals surface area contributed by atoms with Crippen LogP contribution in [0.2, 0.25) is 0 Å². The molecule has 0 saturated heterocycles. The third-order valence-electron chi connectivity index (χ3n) is 6.57. The number of halogens is 2. The Hall–Kier alpha value is -0.920. The number of rotatable bonds is 4. The first kappa shape index (κ1) is 24.8. The van der Waals surface area contributed by atoms with Crippen LogP contribution in [-0.4, -0.2) is 8.07 Å². The van der Waals surface area contributed by atoms with E-state index in [0.717, 1.165) is 0 Å². The molecule has 6 rings (SSSR count). The number of hydrogen-bond acceptors (Lipinski definition) is 0. The molecule has 0 bridgehead atoms. The van der Waals surface area contributed by atoms with Crippen molar-refractivity contribution in [3.63, 3.8) is 0 Å². The van der Waals surface area contributed by atoms with Crippen LogP contribution in [0.15, 0.2) is 109 Å². The molecule has 0 amide bonds. The zero-order valence-electron chi connectivity index (χ0n) is 18.5. The van der Waals surface area contributed by atoms with Crippen LogP contribution in [0.1, 0.15) is 0 Å². The molecular weight excluding hydrogens is 551 g/mol. The van der Waals surface area contributed by atoms with Crippen molar-refractivity contribution in [3.8, 4) is 0 Å². The average molecular weight is 573 g/mol. The molecule has 0 N–H and O–H groups in total. The summed E-state index contributed by atoms with van der Waals surface area (Å²) in [6.45, 7) is 0.